The van der Waals surface area contributed by atoms with Crippen molar-refractivity contribution in [1.29, 1.82) is 0 Å². The van der Waals surface area contributed by atoms with Gasteiger partial charge in [0.05, 0.1) is 18.3 Å². The van der Waals surface area contributed by atoms with Crippen molar-refractivity contribution in [3.8, 4) is 17.2 Å². The van der Waals surface area contributed by atoms with Gasteiger partial charge in [-0.1, -0.05) is 51.8 Å². The summed E-state index contributed by atoms with van der Waals surface area (Å²) in [6.07, 6.45) is 1.44. The van der Waals surface area contributed by atoms with Crippen molar-refractivity contribution in [2.75, 3.05) is 13.7 Å². The summed E-state index contributed by atoms with van der Waals surface area (Å²) in [5.41, 5.74) is 3.02. The minimum Gasteiger partial charge on any atom is -0.493 e. The molecule has 0 atom stereocenters. The number of benzene rings is 3. The number of carbonyl (C=O) groups is 2. The first-order valence-electron chi connectivity index (χ1n) is 10.2. The van der Waals surface area contributed by atoms with Crippen molar-refractivity contribution >= 4 is 67.0 Å². The number of nitrogens with one attached hydrogen (secondary N) is 1. The first-order valence-corrected chi connectivity index (χ1v) is 12.2. The third kappa shape index (κ3) is 6.19. The van der Waals surface area contributed by atoms with E-state index in [1.54, 1.807) is 36.4 Å². The molecule has 7 nitrogen and oxygen atoms in total. The van der Waals surface area contributed by atoms with Crippen molar-refractivity contribution in [3.05, 3.63) is 86.7 Å². The zero-order valence-electron chi connectivity index (χ0n) is 18.3. The molecule has 4 rings (SSSR count). The predicted octanol–water partition coefficient (Wildman–Crippen LogP) is 6.07. The second-order valence-corrected chi connectivity index (χ2v) is 9.43. The lowest BCUT2D eigenvalue weighted by atomic mass is 10.2. The second kappa shape index (κ2) is 11.4. The first-order chi connectivity index (χ1) is 16.9. The maximum absolute atomic E-state index is 12.7. The van der Waals surface area contributed by atoms with E-state index < -0.39 is 11.9 Å². The Kier molecular flexibility index (Phi) is 8.02. The summed E-state index contributed by atoms with van der Waals surface area (Å²) >= 11 is 11.0. The van der Waals surface area contributed by atoms with Gasteiger partial charge in [0.25, 0.3) is 5.91 Å². The number of rotatable bonds is 8. The highest BCUT2D eigenvalue weighted by Crippen LogP contribution is 2.37. The van der Waals surface area contributed by atoms with E-state index in [1.165, 1.54) is 24.7 Å². The summed E-state index contributed by atoms with van der Waals surface area (Å²) in [7, 11) is 1.46. The van der Waals surface area contributed by atoms with Gasteiger partial charge in [-0.2, -0.15) is 5.10 Å². The van der Waals surface area contributed by atoms with Crippen molar-refractivity contribution in [3.63, 3.8) is 0 Å². The quantitative estimate of drug-likeness (QED) is 0.120. The molecule has 0 bridgehead atoms. The molecule has 0 aliphatic carbocycles. The van der Waals surface area contributed by atoms with Gasteiger partial charge in [0.15, 0.2) is 18.1 Å². The van der Waals surface area contributed by atoms with E-state index in [0.717, 1.165) is 14.6 Å². The van der Waals surface area contributed by atoms with Crippen molar-refractivity contribution in [2.24, 2.45) is 5.10 Å². The summed E-state index contributed by atoms with van der Waals surface area (Å²) < 4.78 is 18.1. The van der Waals surface area contributed by atoms with Gasteiger partial charge < -0.3 is 14.2 Å². The minimum absolute atomic E-state index is 0.188. The molecule has 1 N–H and O–H groups in total. The molecule has 1 amide bonds. The van der Waals surface area contributed by atoms with Gasteiger partial charge >= 0.3 is 5.97 Å². The number of methoxy groups -OCH3 is 1. The Bertz CT molecular complexity index is 1420. The molecule has 10 heteroatoms. The molecule has 0 saturated carbocycles. The van der Waals surface area contributed by atoms with Gasteiger partial charge in [0.1, 0.15) is 10.6 Å². The van der Waals surface area contributed by atoms with Crippen LogP contribution in [0.4, 0.5) is 0 Å². The number of hydrogen-bond donors (Lipinski definition) is 1. The largest absolute Gasteiger partial charge is 0.493 e. The van der Waals surface area contributed by atoms with Crippen molar-refractivity contribution in [1.82, 2.24) is 5.43 Å². The Hall–Kier alpha value is -3.40. The fourth-order valence-electron chi connectivity index (χ4n) is 3.06. The van der Waals surface area contributed by atoms with Crippen LogP contribution in [0.5, 0.6) is 17.2 Å². The number of fused-ring (bicyclic) bond motifs is 1. The van der Waals surface area contributed by atoms with E-state index in [0.29, 0.717) is 27.0 Å². The topological polar surface area (TPSA) is 86.2 Å². The fraction of sp³-hybridized carbons (Fsp3) is 0.0800. The molecule has 0 saturated heterocycles. The number of thiophene rings is 1. The van der Waals surface area contributed by atoms with Gasteiger partial charge in [-0.05, 0) is 48.0 Å². The molecular formula is C25H18BrClN2O5S. The number of ether oxygens (including phenoxy) is 3. The zero-order valence-corrected chi connectivity index (χ0v) is 21.4. The molecular weight excluding hydrogens is 556 g/mol. The Morgan fingerprint density at radius 2 is 1.91 bits per heavy atom. The predicted molar refractivity (Wildman–Crippen MR) is 140 cm³/mol. The molecule has 0 aliphatic rings. The van der Waals surface area contributed by atoms with Crippen LogP contribution in [0.2, 0.25) is 5.02 Å². The molecule has 0 fully saturated rings. The number of amides is 1. The summed E-state index contributed by atoms with van der Waals surface area (Å²) in [5.74, 6) is 0.122. The summed E-state index contributed by atoms with van der Waals surface area (Å²) in [6.45, 7) is -0.188. The van der Waals surface area contributed by atoms with Gasteiger partial charge in [-0.15, -0.1) is 11.3 Å². The molecule has 4 aromatic rings. The number of halogens is 2. The Balaban J connectivity index is 1.37. The lowest BCUT2D eigenvalue weighted by Gasteiger charge is -2.09. The molecule has 0 radical (unpaired) electrons. The number of nitrogens with zero attached hydrogens (tertiary/aromatic N) is 1. The van der Waals surface area contributed by atoms with Crippen LogP contribution in [-0.4, -0.2) is 31.8 Å². The fourth-order valence-corrected chi connectivity index (χ4v) is 4.82. The lowest BCUT2D eigenvalue weighted by molar-refractivity contribution is -0.123. The van der Waals surface area contributed by atoms with Crippen LogP contribution >= 0.6 is 38.9 Å². The van der Waals surface area contributed by atoms with E-state index in [9.17, 15) is 9.59 Å². The molecule has 0 aliphatic heterocycles. The zero-order chi connectivity index (χ0) is 24.8. The second-order valence-electron chi connectivity index (χ2n) is 7.08. The van der Waals surface area contributed by atoms with E-state index in [4.69, 9.17) is 25.8 Å². The van der Waals surface area contributed by atoms with Gasteiger partial charge in [-0.3, -0.25) is 4.79 Å². The van der Waals surface area contributed by atoms with Crippen LogP contribution in [0.1, 0.15) is 15.2 Å². The van der Waals surface area contributed by atoms with Crippen molar-refractivity contribution in [2.45, 2.75) is 0 Å². The van der Waals surface area contributed by atoms with Gasteiger partial charge in [0.2, 0.25) is 0 Å². The first kappa shape index (κ1) is 24.7. The highest BCUT2D eigenvalue weighted by molar-refractivity contribution is 9.10. The maximum atomic E-state index is 12.7. The van der Waals surface area contributed by atoms with E-state index in [1.807, 2.05) is 30.3 Å². The van der Waals surface area contributed by atoms with Crippen LogP contribution in [0.15, 0.2) is 76.3 Å². The Morgan fingerprint density at radius 3 is 2.69 bits per heavy atom. The summed E-state index contributed by atoms with van der Waals surface area (Å²) in [5, 5.41) is 5.09. The monoisotopic (exact) mass is 572 g/mol. The number of carbonyl (C=O) groups excluding carboxylic acids is 2. The third-order valence-electron chi connectivity index (χ3n) is 4.68. The van der Waals surface area contributed by atoms with Crippen LogP contribution in [0.25, 0.3) is 10.1 Å². The van der Waals surface area contributed by atoms with Gasteiger partial charge in [0, 0.05) is 14.6 Å². The number of hydrazone groups is 1. The smallest absolute Gasteiger partial charge is 0.355 e. The number of esters is 1. The maximum Gasteiger partial charge on any atom is 0.355 e. The van der Waals surface area contributed by atoms with Crippen molar-refractivity contribution < 1.29 is 23.8 Å². The third-order valence-corrected chi connectivity index (χ3v) is 6.83. The normalized spacial score (nSPS) is 10.9. The highest BCUT2D eigenvalue weighted by atomic mass is 79.9. The lowest BCUT2D eigenvalue weighted by Crippen LogP contribution is -2.24. The highest BCUT2D eigenvalue weighted by Gasteiger charge is 2.20. The molecule has 0 spiro atoms. The molecule has 178 valence electrons. The molecule has 0 unspecified atom stereocenters. The van der Waals surface area contributed by atoms with Crippen LogP contribution < -0.4 is 19.6 Å². The minimum atomic E-state index is -0.575. The molecule has 35 heavy (non-hydrogen) atoms. The van der Waals surface area contributed by atoms with Crippen LogP contribution in [0.3, 0.4) is 0 Å². The summed E-state index contributed by atoms with van der Waals surface area (Å²) in [4.78, 5) is 25.0. The van der Waals surface area contributed by atoms with E-state index in [2.05, 4.69) is 26.5 Å². The SMILES string of the molecule is COc1cc(/C=N\NC(=O)COc2cccc(Br)c2)ccc1OC(=O)c1sc2ccccc2c1Cl. The Morgan fingerprint density at radius 1 is 1.09 bits per heavy atom. The average molecular weight is 574 g/mol. The van der Waals surface area contributed by atoms with E-state index >= 15 is 0 Å². The van der Waals surface area contributed by atoms with Crippen LogP contribution in [0, 0.1) is 0 Å². The molecule has 1 aromatic heterocycles. The standard InChI is InChI=1S/C25H18BrClN2O5S/c1-32-20-11-15(13-28-29-22(30)14-33-17-6-4-5-16(26)12-17)9-10-19(20)34-25(31)24-23(27)18-7-2-3-8-21(18)35-24/h2-13H,14H2,1H3,(H,29,30)/b28-13-. The molecule has 1 heterocycles. The molecule has 3 aromatic carbocycles. The summed E-state index contributed by atoms with van der Waals surface area (Å²) in [6, 6.07) is 19.5. The van der Waals surface area contributed by atoms with Crippen LogP contribution in [-0.2, 0) is 4.79 Å². The average Bonchev–Trinajstić information content (AvgIpc) is 3.20. The van der Waals surface area contributed by atoms with E-state index in [-0.39, 0.29) is 12.4 Å². The number of hydrogen-bond acceptors (Lipinski definition) is 7. The Labute approximate surface area is 218 Å². The van der Waals surface area contributed by atoms with Gasteiger partial charge in [-0.25, -0.2) is 10.2 Å².